The van der Waals surface area contributed by atoms with Gasteiger partial charge in [-0.1, -0.05) is 19.8 Å². The summed E-state index contributed by atoms with van der Waals surface area (Å²) < 4.78 is 0. The van der Waals surface area contributed by atoms with Crippen molar-refractivity contribution in [1.29, 1.82) is 0 Å². The maximum Gasteiger partial charge on any atom is 0.00797 e. The number of likely N-dealkylation sites (tertiary alicyclic amines) is 1. The number of hydrogen-bond donors (Lipinski definition) is 1. The molecule has 1 N–H and O–H groups in total. The summed E-state index contributed by atoms with van der Waals surface area (Å²) in [5, 5.41) is 3.60. The van der Waals surface area contributed by atoms with Crippen LogP contribution >= 0.6 is 0 Å². The molecule has 94 valence electrons. The van der Waals surface area contributed by atoms with Crippen LogP contribution in [0.3, 0.4) is 0 Å². The van der Waals surface area contributed by atoms with Crippen LogP contribution < -0.4 is 5.32 Å². The zero-order valence-electron chi connectivity index (χ0n) is 10.9. The average molecular weight is 224 g/mol. The molecule has 0 amide bonds. The van der Waals surface area contributed by atoms with Gasteiger partial charge in [-0.3, -0.25) is 0 Å². The minimum atomic E-state index is 0.827. The average Bonchev–Trinajstić information content (AvgIpc) is 2.82. The van der Waals surface area contributed by atoms with Gasteiger partial charge in [0.05, 0.1) is 0 Å². The molecule has 2 heteroatoms. The Morgan fingerprint density at radius 3 is 2.56 bits per heavy atom. The second-order valence-electron chi connectivity index (χ2n) is 5.66. The molecule has 0 spiro atoms. The van der Waals surface area contributed by atoms with E-state index in [0.717, 1.165) is 12.0 Å². The Hall–Kier alpha value is -0.0800. The first kappa shape index (κ1) is 12.4. The molecule has 2 aliphatic rings. The molecule has 0 aliphatic carbocycles. The number of nitrogens with one attached hydrogen (secondary N) is 1. The van der Waals surface area contributed by atoms with Gasteiger partial charge in [-0.2, -0.15) is 0 Å². The van der Waals surface area contributed by atoms with Crippen LogP contribution in [0.4, 0.5) is 0 Å². The molecule has 2 nitrogen and oxygen atoms in total. The van der Waals surface area contributed by atoms with Crippen LogP contribution in [0.25, 0.3) is 0 Å². The van der Waals surface area contributed by atoms with E-state index in [1.54, 1.807) is 0 Å². The number of piperidine rings is 1. The quantitative estimate of drug-likeness (QED) is 0.772. The lowest BCUT2D eigenvalue weighted by Gasteiger charge is -2.32. The summed E-state index contributed by atoms with van der Waals surface area (Å²) in [5.74, 6) is 1.03. The molecule has 2 saturated heterocycles. The summed E-state index contributed by atoms with van der Waals surface area (Å²) >= 11 is 0. The molecule has 1 unspecified atom stereocenters. The third kappa shape index (κ3) is 3.74. The molecule has 2 heterocycles. The highest BCUT2D eigenvalue weighted by molar-refractivity contribution is 4.77. The predicted molar refractivity (Wildman–Crippen MR) is 69.7 cm³/mol. The molecule has 0 aromatic rings. The van der Waals surface area contributed by atoms with Gasteiger partial charge in [-0.25, -0.2) is 0 Å². The molecule has 0 aromatic carbocycles. The van der Waals surface area contributed by atoms with Gasteiger partial charge in [0.1, 0.15) is 0 Å². The topological polar surface area (TPSA) is 15.3 Å². The van der Waals surface area contributed by atoms with E-state index in [-0.39, 0.29) is 0 Å². The molecule has 2 fully saturated rings. The Morgan fingerprint density at radius 2 is 1.94 bits per heavy atom. The van der Waals surface area contributed by atoms with Crippen molar-refractivity contribution >= 4 is 0 Å². The van der Waals surface area contributed by atoms with E-state index in [4.69, 9.17) is 0 Å². The Morgan fingerprint density at radius 1 is 1.12 bits per heavy atom. The van der Waals surface area contributed by atoms with E-state index in [1.165, 1.54) is 71.1 Å². The molecule has 0 bridgehead atoms. The van der Waals surface area contributed by atoms with Gasteiger partial charge in [0.25, 0.3) is 0 Å². The second-order valence-corrected chi connectivity index (χ2v) is 5.66. The van der Waals surface area contributed by atoms with Gasteiger partial charge in [-0.05, 0) is 64.2 Å². The van der Waals surface area contributed by atoms with Crippen LogP contribution in [0.2, 0.25) is 0 Å². The lowest BCUT2D eigenvalue weighted by molar-refractivity contribution is 0.172. The fourth-order valence-corrected chi connectivity index (χ4v) is 3.25. The van der Waals surface area contributed by atoms with Crippen molar-refractivity contribution in [2.45, 2.75) is 57.9 Å². The highest BCUT2D eigenvalue weighted by Crippen LogP contribution is 2.22. The van der Waals surface area contributed by atoms with Gasteiger partial charge < -0.3 is 10.2 Å². The highest BCUT2D eigenvalue weighted by Gasteiger charge is 2.20. The van der Waals surface area contributed by atoms with Crippen LogP contribution in [0, 0.1) is 5.92 Å². The van der Waals surface area contributed by atoms with Crippen LogP contribution in [0.1, 0.15) is 51.9 Å². The van der Waals surface area contributed by atoms with E-state index >= 15 is 0 Å². The van der Waals surface area contributed by atoms with Gasteiger partial charge in [0.2, 0.25) is 0 Å². The van der Waals surface area contributed by atoms with E-state index in [0.29, 0.717) is 0 Å². The Labute approximate surface area is 101 Å². The normalized spacial score (nSPS) is 28.7. The first-order chi connectivity index (χ1) is 7.88. The molecule has 1 atom stereocenters. The van der Waals surface area contributed by atoms with Crippen molar-refractivity contribution < 1.29 is 0 Å². The lowest BCUT2D eigenvalue weighted by Crippen LogP contribution is -2.36. The first-order valence-electron chi connectivity index (χ1n) is 7.34. The second kappa shape index (κ2) is 6.61. The third-order valence-corrected chi connectivity index (χ3v) is 4.36. The van der Waals surface area contributed by atoms with Crippen molar-refractivity contribution in [2.24, 2.45) is 5.92 Å². The zero-order chi connectivity index (χ0) is 11.2. The smallest absolute Gasteiger partial charge is 0.00797 e. The van der Waals surface area contributed by atoms with Crippen LogP contribution in [0.5, 0.6) is 0 Å². The standard InChI is InChI=1S/C14H28N2/c1-2-4-13-6-10-16(11-7-13)12-8-14-5-3-9-15-14/h13-15H,2-12H2,1H3. The van der Waals surface area contributed by atoms with E-state index in [9.17, 15) is 0 Å². The number of nitrogens with zero attached hydrogens (tertiary/aromatic N) is 1. The van der Waals surface area contributed by atoms with Gasteiger partial charge in [0.15, 0.2) is 0 Å². The Balaban J connectivity index is 1.57. The van der Waals surface area contributed by atoms with Crippen molar-refractivity contribution in [3.8, 4) is 0 Å². The molecule has 2 rings (SSSR count). The SMILES string of the molecule is CCCC1CCN(CCC2CCCN2)CC1. The summed E-state index contributed by atoms with van der Waals surface area (Å²) in [6.45, 7) is 7.62. The molecular weight excluding hydrogens is 196 g/mol. The highest BCUT2D eigenvalue weighted by atomic mass is 15.1. The molecule has 0 radical (unpaired) electrons. The van der Waals surface area contributed by atoms with Crippen molar-refractivity contribution in [3.63, 3.8) is 0 Å². The Kier molecular flexibility index (Phi) is 5.11. The summed E-state index contributed by atoms with van der Waals surface area (Å²) in [6, 6.07) is 0.827. The minimum Gasteiger partial charge on any atom is -0.314 e. The molecule has 0 saturated carbocycles. The first-order valence-corrected chi connectivity index (χ1v) is 7.34. The summed E-state index contributed by atoms with van der Waals surface area (Å²) in [6.07, 6.45) is 9.90. The monoisotopic (exact) mass is 224 g/mol. The summed E-state index contributed by atoms with van der Waals surface area (Å²) in [5.41, 5.74) is 0. The van der Waals surface area contributed by atoms with Crippen LogP contribution in [0.15, 0.2) is 0 Å². The van der Waals surface area contributed by atoms with Crippen molar-refractivity contribution in [1.82, 2.24) is 10.2 Å². The van der Waals surface area contributed by atoms with Crippen LogP contribution in [-0.4, -0.2) is 37.1 Å². The largest absolute Gasteiger partial charge is 0.314 e. The predicted octanol–water partition coefficient (Wildman–Crippen LogP) is 2.64. The fraction of sp³-hybridized carbons (Fsp3) is 1.00. The van der Waals surface area contributed by atoms with E-state index in [1.807, 2.05) is 0 Å². The van der Waals surface area contributed by atoms with Gasteiger partial charge in [0, 0.05) is 6.04 Å². The van der Waals surface area contributed by atoms with Gasteiger partial charge >= 0.3 is 0 Å². The molecule has 0 aromatic heterocycles. The molecule has 2 aliphatic heterocycles. The molecular formula is C14H28N2. The third-order valence-electron chi connectivity index (χ3n) is 4.36. The van der Waals surface area contributed by atoms with Crippen molar-refractivity contribution in [2.75, 3.05) is 26.2 Å². The van der Waals surface area contributed by atoms with E-state index in [2.05, 4.69) is 17.1 Å². The fourth-order valence-electron chi connectivity index (χ4n) is 3.25. The van der Waals surface area contributed by atoms with E-state index < -0.39 is 0 Å². The lowest BCUT2D eigenvalue weighted by atomic mass is 9.92. The minimum absolute atomic E-state index is 0.827. The maximum absolute atomic E-state index is 3.60. The van der Waals surface area contributed by atoms with Crippen molar-refractivity contribution in [3.05, 3.63) is 0 Å². The number of hydrogen-bond acceptors (Lipinski definition) is 2. The summed E-state index contributed by atoms with van der Waals surface area (Å²) in [7, 11) is 0. The zero-order valence-corrected chi connectivity index (χ0v) is 10.9. The summed E-state index contributed by atoms with van der Waals surface area (Å²) in [4.78, 5) is 2.69. The molecule has 16 heavy (non-hydrogen) atoms. The number of rotatable bonds is 5. The Bertz CT molecular complexity index is 179. The maximum atomic E-state index is 3.60. The van der Waals surface area contributed by atoms with Crippen LogP contribution in [-0.2, 0) is 0 Å². The van der Waals surface area contributed by atoms with Gasteiger partial charge in [-0.15, -0.1) is 0 Å².